The third-order valence-electron chi connectivity index (χ3n) is 6.60. The van der Waals surface area contributed by atoms with Crippen molar-refractivity contribution in [3.05, 3.63) is 54.1 Å². The lowest BCUT2D eigenvalue weighted by atomic mass is 9.60. The molecule has 0 aliphatic carbocycles. The normalized spacial score (nSPS) is 21.7. The minimum Gasteiger partial charge on any atom is -0.496 e. The van der Waals surface area contributed by atoms with Gasteiger partial charge in [0, 0.05) is 37.9 Å². The zero-order valence-corrected chi connectivity index (χ0v) is 17.7. The number of para-hydroxylation sites is 1. The molecule has 1 N–H and O–H groups in total. The highest BCUT2D eigenvalue weighted by Crippen LogP contribution is 2.54. The van der Waals surface area contributed by atoms with Gasteiger partial charge in [0.25, 0.3) is 0 Å². The first-order valence-corrected chi connectivity index (χ1v) is 10.4. The average Bonchev–Trinajstić information content (AvgIpc) is 2.72. The first-order valence-electron chi connectivity index (χ1n) is 10.4. The van der Waals surface area contributed by atoms with Gasteiger partial charge in [0.1, 0.15) is 5.75 Å². The van der Waals surface area contributed by atoms with Crippen molar-refractivity contribution in [3.8, 4) is 16.9 Å². The molecule has 6 heteroatoms. The van der Waals surface area contributed by atoms with E-state index in [-0.39, 0.29) is 30.4 Å². The summed E-state index contributed by atoms with van der Waals surface area (Å²) in [6.07, 6.45) is 0.387. The summed E-state index contributed by atoms with van der Waals surface area (Å²) >= 11 is 0. The minimum atomic E-state index is -0.419. The lowest BCUT2D eigenvalue weighted by Gasteiger charge is -2.70. The van der Waals surface area contributed by atoms with E-state index in [4.69, 9.17) is 4.74 Å². The summed E-state index contributed by atoms with van der Waals surface area (Å²) in [5.41, 5.74) is 2.72. The highest BCUT2D eigenvalue weighted by molar-refractivity contribution is 5.82. The standard InChI is InChI=1S/C24H28N2O4/c1-4-22(29)26-20(13-27)23(24(26)14-25(15-24)16(2)28)18-11-9-17(10-12-18)19-7-5-6-8-21(19)30-3/h5-12,20,23,27H,4,13-15H2,1-3H3/t20-,23-/m0/s1. The lowest BCUT2D eigenvalue weighted by molar-refractivity contribution is -0.202. The van der Waals surface area contributed by atoms with E-state index in [0.717, 1.165) is 22.4 Å². The van der Waals surface area contributed by atoms with Crippen molar-refractivity contribution in [1.29, 1.82) is 0 Å². The van der Waals surface area contributed by atoms with Crippen molar-refractivity contribution >= 4 is 11.8 Å². The Kier molecular flexibility index (Phi) is 5.28. The second-order valence-electron chi connectivity index (χ2n) is 8.15. The highest BCUT2D eigenvalue weighted by atomic mass is 16.5. The fourth-order valence-corrected chi connectivity index (χ4v) is 5.17. The molecule has 0 bridgehead atoms. The van der Waals surface area contributed by atoms with Gasteiger partial charge in [-0.05, 0) is 17.2 Å². The topological polar surface area (TPSA) is 70.1 Å². The van der Waals surface area contributed by atoms with Gasteiger partial charge < -0.3 is 19.6 Å². The summed E-state index contributed by atoms with van der Waals surface area (Å²) in [5.74, 6) is 0.858. The maximum Gasteiger partial charge on any atom is 0.223 e. The number of rotatable bonds is 5. The number of likely N-dealkylation sites (tertiary alicyclic amines) is 2. The summed E-state index contributed by atoms with van der Waals surface area (Å²) in [4.78, 5) is 28.0. The van der Waals surface area contributed by atoms with Crippen LogP contribution in [-0.4, -0.2) is 65.1 Å². The molecular weight excluding hydrogens is 380 g/mol. The van der Waals surface area contributed by atoms with Crippen molar-refractivity contribution in [2.24, 2.45) is 0 Å². The van der Waals surface area contributed by atoms with Crippen LogP contribution >= 0.6 is 0 Å². The van der Waals surface area contributed by atoms with Crippen LogP contribution in [0.2, 0.25) is 0 Å². The predicted octanol–water partition coefficient (Wildman–Crippen LogP) is 2.66. The van der Waals surface area contributed by atoms with Crippen molar-refractivity contribution in [2.75, 3.05) is 26.8 Å². The van der Waals surface area contributed by atoms with E-state index < -0.39 is 5.54 Å². The molecule has 30 heavy (non-hydrogen) atoms. The fraction of sp³-hybridized carbons (Fsp3) is 0.417. The van der Waals surface area contributed by atoms with Crippen LogP contribution in [0.3, 0.4) is 0 Å². The van der Waals surface area contributed by atoms with Gasteiger partial charge in [-0.15, -0.1) is 0 Å². The molecule has 2 aliphatic heterocycles. The van der Waals surface area contributed by atoms with Crippen LogP contribution in [0.4, 0.5) is 0 Å². The minimum absolute atomic E-state index is 0.000295. The van der Waals surface area contributed by atoms with Crippen LogP contribution in [0, 0.1) is 0 Å². The molecule has 158 valence electrons. The fourth-order valence-electron chi connectivity index (χ4n) is 5.17. The zero-order valence-electron chi connectivity index (χ0n) is 17.7. The van der Waals surface area contributed by atoms with E-state index >= 15 is 0 Å². The Hall–Kier alpha value is -2.86. The average molecular weight is 408 g/mol. The molecule has 4 rings (SSSR count). The quantitative estimate of drug-likeness (QED) is 0.826. The Morgan fingerprint density at radius 3 is 2.37 bits per heavy atom. The van der Waals surface area contributed by atoms with Gasteiger partial charge in [-0.25, -0.2) is 0 Å². The number of benzene rings is 2. The van der Waals surface area contributed by atoms with Gasteiger partial charge in [-0.1, -0.05) is 49.4 Å². The summed E-state index contributed by atoms with van der Waals surface area (Å²) in [6.45, 7) is 4.33. The Morgan fingerprint density at radius 1 is 1.13 bits per heavy atom. The van der Waals surface area contributed by atoms with Crippen LogP contribution in [0.5, 0.6) is 5.75 Å². The van der Waals surface area contributed by atoms with Crippen LogP contribution < -0.4 is 4.74 Å². The molecule has 2 aromatic carbocycles. The number of nitrogens with zero attached hydrogens (tertiary/aromatic N) is 2. The van der Waals surface area contributed by atoms with Crippen LogP contribution in [0.1, 0.15) is 31.7 Å². The number of hydrogen-bond acceptors (Lipinski definition) is 4. The molecule has 2 amide bonds. The van der Waals surface area contributed by atoms with Gasteiger partial charge >= 0.3 is 0 Å². The molecule has 1 spiro atoms. The molecule has 2 aliphatic rings. The number of aliphatic hydroxyl groups is 1. The first-order chi connectivity index (χ1) is 14.5. The van der Waals surface area contributed by atoms with Gasteiger partial charge in [0.2, 0.25) is 11.8 Å². The molecule has 2 saturated heterocycles. The zero-order chi connectivity index (χ0) is 21.5. The Bertz CT molecular complexity index is 950. The van der Waals surface area contributed by atoms with Crippen LogP contribution in [-0.2, 0) is 9.59 Å². The number of amides is 2. The van der Waals surface area contributed by atoms with E-state index in [0.29, 0.717) is 19.5 Å². The molecule has 0 saturated carbocycles. The van der Waals surface area contributed by atoms with E-state index in [9.17, 15) is 14.7 Å². The molecule has 0 radical (unpaired) electrons. The third-order valence-corrected chi connectivity index (χ3v) is 6.60. The van der Waals surface area contributed by atoms with E-state index in [1.807, 2.05) is 36.1 Å². The largest absolute Gasteiger partial charge is 0.496 e. The maximum atomic E-state index is 12.6. The molecular formula is C24H28N2O4. The molecule has 6 nitrogen and oxygen atoms in total. The number of hydrogen-bond donors (Lipinski definition) is 1. The van der Waals surface area contributed by atoms with E-state index in [1.54, 1.807) is 18.9 Å². The second-order valence-corrected chi connectivity index (χ2v) is 8.15. The smallest absolute Gasteiger partial charge is 0.223 e. The monoisotopic (exact) mass is 408 g/mol. The SMILES string of the molecule is CCC(=O)N1[C@@H](CO)[C@H](c2ccc(-c3ccccc3OC)cc2)C12CN(C(C)=O)C2. The molecule has 0 aromatic heterocycles. The molecule has 2 heterocycles. The summed E-state index contributed by atoms with van der Waals surface area (Å²) in [7, 11) is 1.66. The maximum absolute atomic E-state index is 12.6. The number of ether oxygens (including phenoxy) is 1. The Morgan fingerprint density at radius 2 is 1.80 bits per heavy atom. The summed E-state index contributed by atoms with van der Waals surface area (Å²) < 4.78 is 5.48. The van der Waals surface area contributed by atoms with Gasteiger partial charge in [-0.3, -0.25) is 9.59 Å². The number of carbonyl (C=O) groups excluding carboxylic acids is 2. The van der Waals surface area contributed by atoms with Gasteiger partial charge in [0.15, 0.2) is 0 Å². The van der Waals surface area contributed by atoms with Gasteiger partial charge in [-0.2, -0.15) is 0 Å². The first kappa shape index (κ1) is 20.4. The Balaban J connectivity index is 1.66. The van der Waals surface area contributed by atoms with Crippen molar-refractivity contribution in [3.63, 3.8) is 0 Å². The Labute approximate surface area is 177 Å². The molecule has 2 atom stereocenters. The number of aliphatic hydroxyl groups excluding tert-OH is 1. The molecule has 2 fully saturated rings. The molecule has 2 aromatic rings. The van der Waals surface area contributed by atoms with Crippen molar-refractivity contribution in [1.82, 2.24) is 9.80 Å². The van der Waals surface area contributed by atoms with Crippen molar-refractivity contribution in [2.45, 2.75) is 37.8 Å². The molecule has 0 unspecified atom stereocenters. The van der Waals surface area contributed by atoms with Crippen molar-refractivity contribution < 1.29 is 19.4 Å². The second kappa shape index (κ2) is 7.76. The number of carbonyl (C=O) groups is 2. The van der Waals surface area contributed by atoms with Crippen LogP contribution in [0.15, 0.2) is 48.5 Å². The predicted molar refractivity (Wildman–Crippen MR) is 114 cm³/mol. The van der Waals surface area contributed by atoms with E-state index in [1.165, 1.54) is 0 Å². The summed E-state index contributed by atoms with van der Waals surface area (Å²) in [5, 5.41) is 10.1. The van der Waals surface area contributed by atoms with Crippen LogP contribution in [0.25, 0.3) is 11.1 Å². The van der Waals surface area contributed by atoms with Gasteiger partial charge in [0.05, 0.1) is 25.3 Å². The lowest BCUT2D eigenvalue weighted by Crippen LogP contribution is -2.85. The van der Waals surface area contributed by atoms with E-state index in [2.05, 4.69) is 24.3 Å². The highest BCUT2D eigenvalue weighted by Gasteiger charge is 2.67. The number of methoxy groups -OCH3 is 1. The summed E-state index contributed by atoms with van der Waals surface area (Å²) in [6, 6.07) is 15.9. The third kappa shape index (κ3) is 2.98.